The van der Waals surface area contributed by atoms with Crippen molar-refractivity contribution in [2.24, 2.45) is 0 Å². The van der Waals surface area contributed by atoms with Gasteiger partial charge in [-0.05, 0) is 63.9 Å². The first kappa shape index (κ1) is 31.3. The van der Waals surface area contributed by atoms with Gasteiger partial charge in [0.05, 0.1) is 52.9 Å². The Morgan fingerprint density at radius 2 is 1.62 bits per heavy atom. The first-order valence-electron chi connectivity index (χ1n) is 12.9. The molecule has 0 bridgehead atoms. The number of pyridine rings is 1. The summed E-state index contributed by atoms with van der Waals surface area (Å²) in [7, 11) is 1.34. The Hall–Kier alpha value is -3.65. The van der Waals surface area contributed by atoms with Crippen molar-refractivity contribution in [3.05, 3.63) is 58.6 Å². The largest absolute Gasteiger partial charge is 0.416 e. The van der Waals surface area contributed by atoms with Gasteiger partial charge in [0.25, 0.3) is 0 Å². The topological polar surface area (TPSA) is 103 Å². The van der Waals surface area contributed by atoms with Crippen LogP contribution < -0.4 is 9.80 Å². The summed E-state index contributed by atoms with van der Waals surface area (Å²) in [5.74, 6) is -0.0432. The maximum absolute atomic E-state index is 13.9. The number of nitrogens with zero attached hydrogens (tertiary/aromatic N) is 4. The highest BCUT2D eigenvalue weighted by atomic mass is 19.4. The molecule has 0 saturated carbocycles. The van der Waals surface area contributed by atoms with Crippen molar-refractivity contribution in [2.45, 2.75) is 64.0 Å². The van der Waals surface area contributed by atoms with Gasteiger partial charge in [-0.2, -0.15) is 26.3 Å². The quantitative estimate of drug-likeness (QED) is 0.372. The fourth-order valence-electron chi connectivity index (χ4n) is 5.24. The Labute approximate surface area is 237 Å². The SMILES string of the molecule is Cc1noc(C)c1-c1cc(N2CC(O)C[C@H]2CO)ncc1N(C)C(=O)C(C)(C)c1cc(C(F)(F)F)cc(C(F)(F)F)c1. The number of aliphatic hydroxyl groups is 2. The predicted molar refractivity (Wildman–Crippen MR) is 141 cm³/mol. The second-order valence-electron chi connectivity index (χ2n) is 10.9. The monoisotopic (exact) mass is 600 g/mol. The fraction of sp³-hybridized carbons (Fsp3) is 0.464. The van der Waals surface area contributed by atoms with Gasteiger partial charge < -0.3 is 24.5 Å². The minimum Gasteiger partial charge on any atom is -0.394 e. The average Bonchev–Trinajstić information content (AvgIpc) is 3.46. The molecular weight excluding hydrogens is 570 g/mol. The zero-order valence-electron chi connectivity index (χ0n) is 23.4. The van der Waals surface area contributed by atoms with Crippen LogP contribution in [-0.2, 0) is 22.6 Å². The molecule has 0 aliphatic carbocycles. The number of likely N-dealkylation sites (N-methyl/N-ethyl adjacent to an activating group) is 1. The van der Waals surface area contributed by atoms with Crippen molar-refractivity contribution in [1.82, 2.24) is 10.1 Å². The maximum atomic E-state index is 13.9. The van der Waals surface area contributed by atoms with E-state index in [-0.39, 0.29) is 24.9 Å². The van der Waals surface area contributed by atoms with E-state index in [4.69, 9.17) is 4.52 Å². The van der Waals surface area contributed by atoms with E-state index in [0.29, 0.717) is 47.0 Å². The predicted octanol–water partition coefficient (Wildman–Crippen LogP) is 5.26. The van der Waals surface area contributed by atoms with E-state index in [0.717, 1.165) is 4.90 Å². The zero-order valence-corrected chi connectivity index (χ0v) is 23.4. The van der Waals surface area contributed by atoms with Gasteiger partial charge in [-0.15, -0.1) is 0 Å². The number of halogens is 6. The third-order valence-corrected chi connectivity index (χ3v) is 7.58. The Kier molecular flexibility index (Phi) is 8.11. The van der Waals surface area contributed by atoms with Crippen molar-refractivity contribution < 1.29 is 45.9 Å². The Balaban J connectivity index is 1.83. The Morgan fingerprint density at radius 1 is 1.05 bits per heavy atom. The zero-order chi connectivity index (χ0) is 31.4. The van der Waals surface area contributed by atoms with Crippen LogP contribution >= 0.6 is 0 Å². The molecule has 228 valence electrons. The number of carbonyl (C=O) groups excluding carboxylic acids is 1. The van der Waals surface area contributed by atoms with E-state index in [2.05, 4.69) is 10.1 Å². The van der Waals surface area contributed by atoms with E-state index in [1.165, 1.54) is 27.1 Å². The fourth-order valence-corrected chi connectivity index (χ4v) is 5.24. The molecule has 1 saturated heterocycles. The van der Waals surface area contributed by atoms with Gasteiger partial charge in [-0.1, -0.05) is 5.16 Å². The molecule has 2 aromatic heterocycles. The molecule has 8 nitrogen and oxygen atoms in total. The highest BCUT2D eigenvalue weighted by Gasteiger charge is 2.41. The lowest BCUT2D eigenvalue weighted by Gasteiger charge is -2.32. The molecule has 1 aromatic carbocycles. The molecule has 1 fully saturated rings. The number of alkyl halides is 6. The molecule has 42 heavy (non-hydrogen) atoms. The molecule has 1 aliphatic rings. The minimum atomic E-state index is -5.08. The van der Waals surface area contributed by atoms with Crippen LogP contribution in [0.2, 0.25) is 0 Å². The smallest absolute Gasteiger partial charge is 0.394 e. The normalized spacial score (nSPS) is 18.1. The summed E-state index contributed by atoms with van der Waals surface area (Å²) in [6, 6.07) is 2.31. The molecule has 1 aliphatic heterocycles. The molecule has 14 heteroatoms. The van der Waals surface area contributed by atoms with Crippen LogP contribution in [-0.4, -0.2) is 58.6 Å². The number of benzene rings is 1. The lowest BCUT2D eigenvalue weighted by Crippen LogP contribution is -2.42. The number of aliphatic hydroxyl groups excluding tert-OH is 2. The summed E-state index contributed by atoms with van der Waals surface area (Å²) in [5, 5.41) is 23.9. The molecule has 4 rings (SSSR count). The van der Waals surface area contributed by atoms with Crippen LogP contribution in [0.5, 0.6) is 0 Å². The van der Waals surface area contributed by atoms with Crippen LogP contribution in [0.3, 0.4) is 0 Å². The van der Waals surface area contributed by atoms with Gasteiger partial charge in [-0.3, -0.25) is 4.79 Å². The van der Waals surface area contributed by atoms with Gasteiger partial charge in [0, 0.05) is 24.7 Å². The second kappa shape index (κ2) is 10.9. The molecule has 1 amide bonds. The number of carbonyl (C=O) groups is 1. The molecule has 1 unspecified atom stereocenters. The number of aromatic nitrogens is 2. The highest BCUT2D eigenvalue weighted by Crippen LogP contribution is 2.42. The van der Waals surface area contributed by atoms with Crippen LogP contribution in [0.15, 0.2) is 35.0 Å². The number of aryl methyl sites for hydroxylation is 2. The number of β-amino-alcohol motifs (C(OH)–C–C–N with tert-alkyl or cyclic N) is 1. The van der Waals surface area contributed by atoms with Crippen molar-refractivity contribution in [2.75, 3.05) is 30.0 Å². The highest BCUT2D eigenvalue weighted by molar-refractivity contribution is 6.03. The van der Waals surface area contributed by atoms with E-state index in [9.17, 15) is 41.4 Å². The van der Waals surface area contributed by atoms with E-state index >= 15 is 0 Å². The molecule has 2 atom stereocenters. The van der Waals surface area contributed by atoms with Gasteiger partial charge in [-0.25, -0.2) is 4.98 Å². The van der Waals surface area contributed by atoms with Gasteiger partial charge in [0.2, 0.25) is 5.91 Å². The number of rotatable bonds is 6. The number of amides is 1. The number of anilines is 2. The number of hydrogen-bond acceptors (Lipinski definition) is 7. The lowest BCUT2D eigenvalue weighted by molar-refractivity contribution is -0.143. The lowest BCUT2D eigenvalue weighted by atomic mass is 9.81. The van der Waals surface area contributed by atoms with Gasteiger partial charge in [0.1, 0.15) is 11.6 Å². The summed E-state index contributed by atoms with van der Waals surface area (Å²) in [6.07, 6.45) is -9.20. The second-order valence-corrected chi connectivity index (χ2v) is 10.9. The summed E-state index contributed by atoms with van der Waals surface area (Å²) >= 11 is 0. The van der Waals surface area contributed by atoms with Gasteiger partial charge >= 0.3 is 12.4 Å². The Morgan fingerprint density at radius 3 is 2.12 bits per heavy atom. The summed E-state index contributed by atoms with van der Waals surface area (Å²) < 4.78 is 86.7. The van der Waals surface area contributed by atoms with E-state index in [1.54, 1.807) is 24.8 Å². The van der Waals surface area contributed by atoms with Crippen LogP contribution in [0.25, 0.3) is 11.1 Å². The van der Waals surface area contributed by atoms with Crippen molar-refractivity contribution in [1.29, 1.82) is 0 Å². The molecule has 3 heterocycles. The molecule has 2 N–H and O–H groups in total. The first-order valence-corrected chi connectivity index (χ1v) is 12.9. The maximum Gasteiger partial charge on any atom is 0.416 e. The van der Waals surface area contributed by atoms with Crippen LogP contribution in [0.1, 0.15) is 48.4 Å². The van der Waals surface area contributed by atoms with E-state index < -0.39 is 52.5 Å². The summed E-state index contributed by atoms with van der Waals surface area (Å²) in [4.78, 5) is 21.1. The van der Waals surface area contributed by atoms with Gasteiger partial charge in [0.15, 0.2) is 0 Å². The molecular formula is C28H30F6N4O4. The molecule has 3 aromatic rings. The average molecular weight is 601 g/mol. The summed E-state index contributed by atoms with van der Waals surface area (Å²) in [6.45, 7) is 5.75. The molecule has 0 spiro atoms. The standard InChI is InChI=1S/C28H30F6N4O4/c1-14-24(15(2)42-36-14)21-10-23(38-12-20(40)9-19(38)13-39)35-11-22(21)37(5)25(41)26(3,4)16-6-17(27(29,30)31)8-18(7-16)28(32,33)34/h6-8,10-11,19-20,39-40H,9,12-13H2,1-5H3/t19-,20?/m0/s1. The third-order valence-electron chi connectivity index (χ3n) is 7.58. The summed E-state index contributed by atoms with van der Waals surface area (Å²) in [5.41, 5.74) is -3.80. The number of hydrogen-bond donors (Lipinski definition) is 2. The van der Waals surface area contributed by atoms with Crippen molar-refractivity contribution in [3.8, 4) is 11.1 Å². The van der Waals surface area contributed by atoms with Crippen molar-refractivity contribution >= 4 is 17.4 Å². The van der Waals surface area contributed by atoms with Crippen LogP contribution in [0.4, 0.5) is 37.8 Å². The third kappa shape index (κ3) is 5.82. The van der Waals surface area contributed by atoms with Crippen molar-refractivity contribution in [3.63, 3.8) is 0 Å². The van der Waals surface area contributed by atoms with E-state index in [1.807, 2.05) is 0 Å². The Bertz CT molecular complexity index is 1430. The molecule has 0 radical (unpaired) electrons. The minimum absolute atomic E-state index is 0.0148. The van der Waals surface area contributed by atoms with Crippen LogP contribution in [0, 0.1) is 13.8 Å². The first-order chi connectivity index (χ1) is 19.4.